The Kier molecular flexibility index (Phi) is 4.87. The van der Waals surface area contributed by atoms with Crippen LogP contribution in [0.5, 0.6) is 0 Å². The molecule has 1 aromatic carbocycles. The minimum atomic E-state index is -0.161. The number of fused-ring (bicyclic) bond motifs is 3. The Morgan fingerprint density at radius 3 is 2.37 bits per heavy atom. The maximum atomic E-state index is 9.57. The van der Waals surface area contributed by atoms with Gasteiger partial charge in [0.05, 0.1) is 6.10 Å². The minimum Gasteiger partial charge on any atom is -0.393 e. The lowest BCUT2D eigenvalue weighted by Crippen LogP contribution is -2.45. The molecule has 0 saturated heterocycles. The summed E-state index contributed by atoms with van der Waals surface area (Å²) >= 11 is 0. The van der Waals surface area contributed by atoms with E-state index in [9.17, 15) is 5.11 Å². The van der Waals surface area contributed by atoms with E-state index >= 15 is 0 Å². The van der Waals surface area contributed by atoms with Gasteiger partial charge in [0.15, 0.2) is 5.82 Å². The highest BCUT2D eigenvalue weighted by atomic mass is 16.3. The molecule has 27 heavy (non-hydrogen) atoms. The monoisotopic (exact) mass is 367 g/mol. The number of aromatic nitrogens is 3. The predicted octanol–water partition coefficient (Wildman–Crippen LogP) is 4.93. The Balaban J connectivity index is 1.53. The summed E-state index contributed by atoms with van der Waals surface area (Å²) in [5.74, 6) is 2.19. The second-order valence-electron chi connectivity index (χ2n) is 9.24. The zero-order valence-corrected chi connectivity index (χ0v) is 17.0. The SMILES string of the molecule is Cc1ccccc1-c1nnc(C23CCC(CCCC(C)O)(CC2)CC3)n1C. The van der Waals surface area contributed by atoms with Gasteiger partial charge in [-0.15, -0.1) is 10.2 Å². The van der Waals surface area contributed by atoms with Crippen LogP contribution < -0.4 is 0 Å². The first kappa shape index (κ1) is 18.7. The molecule has 1 aromatic heterocycles. The summed E-state index contributed by atoms with van der Waals surface area (Å²) in [5.41, 5.74) is 3.18. The van der Waals surface area contributed by atoms with Crippen molar-refractivity contribution >= 4 is 0 Å². The Labute approximate surface area is 163 Å². The highest BCUT2D eigenvalue weighted by molar-refractivity contribution is 5.60. The third kappa shape index (κ3) is 3.33. The lowest BCUT2D eigenvalue weighted by atomic mass is 9.52. The quantitative estimate of drug-likeness (QED) is 0.787. The van der Waals surface area contributed by atoms with E-state index in [-0.39, 0.29) is 11.5 Å². The first-order valence-corrected chi connectivity index (χ1v) is 10.6. The topological polar surface area (TPSA) is 50.9 Å². The molecule has 146 valence electrons. The third-order valence-electron chi connectivity index (χ3n) is 7.47. The van der Waals surface area contributed by atoms with Crippen LogP contribution in [-0.2, 0) is 12.5 Å². The standard InChI is InChI=1S/C23H33N3O/c1-17-7-4-5-9-19(17)20-24-25-21(26(20)3)23-14-11-22(12-15-23,13-16-23)10-6-8-18(2)27/h4-5,7,9,18,27H,6,8,10-16H2,1-3H3. The summed E-state index contributed by atoms with van der Waals surface area (Å²) < 4.78 is 2.26. The third-order valence-corrected chi connectivity index (χ3v) is 7.47. The Morgan fingerprint density at radius 1 is 1.07 bits per heavy atom. The van der Waals surface area contributed by atoms with Crippen LogP contribution in [0.1, 0.15) is 76.1 Å². The largest absolute Gasteiger partial charge is 0.393 e. The van der Waals surface area contributed by atoms with Gasteiger partial charge in [-0.3, -0.25) is 0 Å². The van der Waals surface area contributed by atoms with E-state index in [4.69, 9.17) is 5.10 Å². The van der Waals surface area contributed by atoms with Gasteiger partial charge in [-0.25, -0.2) is 0 Å². The first-order chi connectivity index (χ1) is 12.9. The molecule has 3 fully saturated rings. The normalized spacial score (nSPS) is 28.4. The Morgan fingerprint density at radius 2 is 1.74 bits per heavy atom. The van der Waals surface area contributed by atoms with Crippen molar-refractivity contribution in [1.82, 2.24) is 14.8 Å². The van der Waals surface area contributed by atoms with E-state index < -0.39 is 0 Å². The molecule has 1 N–H and O–H groups in total. The molecule has 0 amide bonds. The molecule has 1 heterocycles. The van der Waals surface area contributed by atoms with Crippen molar-refractivity contribution in [2.24, 2.45) is 12.5 Å². The van der Waals surface area contributed by atoms with Crippen molar-refractivity contribution in [1.29, 1.82) is 0 Å². The molecule has 2 bridgehead atoms. The first-order valence-electron chi connectivity index (χ1n) is 10.6. The van der Waals surface area contributed by atoms with Crippen molar-refractivity contribution in [2.45, 2.75) is 83.2 Å². The van der Waals surface area contributed by atoms with Crippen LogP contribution in [0.2, 0.25) is 0 Å². The molecule has 4 nitrogen and oxygen atoms in total. The summed E-state index contributed by atoms with van der Waals surface area (Å²) in [7, 11) is 2.14. The van der Waals surface area contributed by atoms with Crippen molar-refractivity contribution in [3.8, 4) is 11.4 Å². The van der Waals surface area contributed by atoms with Crippen LogP contribution in [0.3, 0.4) is 0 Å². The maximum absolute atomic E-state index is 9.57. The average Bonchev–Trinajstić information content (AvgIpc) is 3.05. The molecule has 0 radical (unpaired) electrons. The van der Waals surface area contributed by atoms with Crippen LogP contribution in [0.25, 0.3) is 11.4 Å². The van der Waals surface area contributed by atoms with E-state index in [2.05, 4.69) is 47.9 Å². The molecule has 1 atom stereocenters. The van der Waals surface area contributed by atoms with Gasteiger partial charge in [-0.2, -0.15) is 0 Å². The molecule has 1 unspecified atom stereocenters. The lowest BCUT2D eigenvalue weighted by Gasteiger charge is -2.53. The van der Waals surface area contributed by atoms with E-state index in [1.54, 1.807) is 0 Å². The van der Waals surface area contributed by atoms with Gasteiger partial charge in [0.1, 0.15) is 5.82 Å². The number of aryl methyl sites for hydroxylation is 1. The number of rotatable bonds is 6. The van der Waals surface area contributed by atoms with Crippen LogP contribution in [0.4, 0.5) is 0 Å². The average molecular weight is 368 g/mol. The van der Waals surface area contributed by atoms with E-state index in [0.29, 0.717) is 5.41 Å². The highest BCUT2D eigenvalue weighted by Gasteiger charge is 2.51. The molecule has 3 saturated carbocycles. The second-order valence-corrected chi connectivity index (χ2v) is 9.24. The fourth-order valence-electron chi connectivity index (χ4n) is 5.60. The van der Waals surface area contributed by atoms with E-state index in [0.717, 1.165) is 18.7 Å². The molecule has 2 aromatic rings. The van der Waals surface area contributed by atoms with Gasteiger partial charge in [0.25, 0.3) is 0 Å². The van der Waals surface area contributed by atoms with Crippen LogP contribution in [0, 0.1) is 12.3 Å². The van der Waals surface area contributed by atoms with Crippen molar-refractivity contribution in [3.63, 3.8) is 0 Å². The molecular weight excluding hydrogens is 334 g/mol. The van der Waals surface area contributed by atoms with Gasteiger partial charge < -0.3 is 9.67 Å². The van der Waals surface area contributed by atoms with E-state index in [1.807, 2.05) is 6.92 Å². The molecule has 3 aliphatic rings. The summed E-state index contributed by atoms with van der Waals surface area (Å²) in [6, 6.07) is 8.45. The number of aliphatic hydroxyl groups is 1. The molecule has 0 aliphatic heterocycles. The summed E-state index contributed by atoms with van der Waals surface area (Å²) in [4.78, 5) is 0. The van der Waals surface area contributed by atoms with Crippen molar-refractivity contribution in [2.75, 3.05) is 0 Å². The van der Waals surface area contributed by atoms with Gasteiger partial charge in [-0.05, 0) is 76.2 Å². The molecular formula is C23H33N3O. The highest BCUT2D eigenvalue weighted by Crippen LogP contribution is 2.59. The summed E-state index contributed by atoms with van der Waals surface area (Å²) in [6.07, 6.45) is 10.8. The van der Waals surface area contributed by atoms with Crippen molar-refractivity contribution < 1.29 is 5.11 Å². The zero-order chi connectivity index (χ0) is 19.1. The lowest BCUT2D eigenvalue weighted by molar-refractivity contribution is 0.0224. The van der Waals surface area contributed by atoms with Gasteiger partial charge in [-0.1, -0.05) is 30.7 Å². The number of aliphatic hydroxyl groups excluding tert-OH is 1. The smallest absolute Gasteiger partial charge is 0.163 e. The van der Waals surface area contributed by atoms with Crippen LogP contribution in [0.15, 0.2) is 24.3 Å². The Bertz CT molecular complexity index is 783. The second kappa shape index (κ2) is 7.05. The number of hydrogen-bond donors (Lipinski definition) is 1. The Hall–Kier alpha value is -1.68. The molecule has 4 heteroatoms. The van der Waals surface area contributed by atoms with Crippen LogP contribution >= 0.6 is 0 Å². The fraction of sp³-hybridized carbons (Fsp3) is 0.652. The molecule has 5 rings (SSSR count). The fourth-order valence-corrected chi connectivity index (χ4v) is 5.60. The maximum Gasteiger partial charge on any atom is 0.163 e. The van der Waals surface area contributed by atoms with Gasteiger partial charge in [0, 0.05) is 18.0 Å². The van der Waals surface area contributed by atoms with E-state index in [1.165, 1.54) is 61.9 Å². The van der Waals surface area contributed by atoms with Gasteiger partial charge >= 0.3 is 0 Å². The number of nitrogens with zero attached hydrogens (tertiary/aromatic N) is 3. The summed E-state index contributed by atoms with van der Waals surface area (Å²) in [6.45, 7) is 4.05. The minimum absolute atomic E-state index is 0.161. The van der Waals surface area contributed by atoms with Crippen LogP contribution in [-0.4, -0.2) is 26.0 Å². The van der Waals surface area contributed by atoms with Crippen molar-refractivity contribution in [3.05, 3.63) is 35.7 Å². The molecule has 0 spiro atoms. The molecule has 3 aliphatic carbocycles. The predicted molar refractivity (Wildman–Crippen MR) is 109 cm³/mol. The number of benzene rings is 1. The zero-order valence-electron chi connectivity index (χ0n) is 17.0. The van der Waals surface area contributed by atoms with Gasteiger partial charge in [0.2, 0.25) is 0 Å². The summed E-state index contributed by atoms with van der Waals surface area (Å²) in [5, 5.41) is 18.9. The number of hydrogen-bond acceptors (Lipinski definition) is 3.